The molecular formula is C47H57F2N7O4Si. The molecule has 2 N–H and O–H groups in total. The molecule has 0 bridgehead atoms. The molecule has 322 valence electrons. The van der Waals surface area contributed by atoms with Crippen molar-refractivity contribution in [2.24, 2.45) is 0 Å². The highest BCUT2D eigenvalue weighted by molar-refractivity contribution is 6.90. The summed E-state index contributed by atoms with van der Waals surface area (Å²) in [5.41, 5.74) is 13.1. The highest BCUT2D eigenvalue weighted by Crippen LogP contribution is 2.46. The first-order valence-electron chi connectivity index (χ1n) is 21.5. The molecule has 3 aliphatic rings. The average Bonchev–Trinajstić information content (AvgIpc) is 3.69. The number of hydrogen-bond donors (Lipinski definition) is 1. The molecule has 6 heterocycles. The van der Waals surface area contributed by atoms with E-state index in [-0.39, 0.29) is 49.1 Å². The quantitative estimate of drug-likeness (QED) is 0.0735. The van der Waals surface area contributed by atoms with Crippen LogP contribution in [0.1, 0.15) is 84.9 Å². The van der Waals surface area contributed by atoms with Crippen LogP contribution in [0.15, 0.2) is 48.7 Å². The van der Waals surface area contributed by atoms with Crippen molar-refractivity contribution in [1.29, 1.82) is 0 Å². The van der Waals surface area contributed by atoms with Gasteiger partial charge in [-0.1, -0.05) is 65.7 Å². The Morgan fingerprint density at radius 3 is 2.51 bits per heavy atom. The minimum absolute atomic E-state index is 0.00740. The van der Waals surface area contributed by atoms with E-state index in [1.54, 1.807) is 19.4 Å². The normalized spacial score (nSPS) is 19.6. The first-order chi connectivity index (χ1) is 29.3. The van der Waals surface area contributed by atoms with Crippen molar-refractivity contribution in [2.45, 2.75) is 102 Å². The van der Waals surface area contributed by atoms with Gasteiger partial charge in [-0.3, -0.25) is 4.90 Å². The third-order valence-corrected chi connectivity index (χ3v) is 19.7. The van der Waals surface area contributed by atoms with Gasteiger partial charge in [0, 0.05) is 48.3 Å². The van der Waals surface area contributed by atoms with Gasteiger partial charge in [0.15, 0.2) is 12.6 Å². The van der Waals surface area contributed by atoms with E-state index in [9.17, 15) is 4.39 Å². The molecule has 11 nitrogen and oxygen atoms in total. The molecule has 61 heavy (non-hydrogen) atoms. The van der Waals surface area contributed by atoms with Gasteiger partial charge in [0.2, 0.25) is 5.88 Å². The number of anilines is 2. The number of rotatable bonds is 12. The number of nitrogen functional groups attached to an aromatic ring is 1. The molecule has 14 heteroatoms. The molecule has 8 rings (SSSR count). The van der Waals surface area contributed by atoms with E-state index in [1.165, 1.54) is 0 Å². The van der Waals surface area contributed by atoms with Crippen LogP contribution >= 0.6 is 0 Å². The van der Waals surface area contributed by atoms with Gasteiger partial charge in [0.05, 0.1) is 18.1 Å². The predicted molar refractivity (Wildman–Crippen MR) is 239 cm³/mol. The average molecular weight is 850 g/mol. The van der Waals surface area contributed by atoms with Crippen LogP contribution in [0.4, 0.5) is 20.4 Å². The SMILES string of the molecule is COCOc1cc(-c2nc3c4c(nc(OC[C@@]56CCCN5C[C@H](F)C6)nc4c2F)N([C@H](C)c2cccnc2N)CCO3)c2c(C#C[Si](C(C)C)(C(C)C)C(C)C)cccc2c1. The third-order valence-electron chi connectivity index (χ3n) is 13.4. The summed E-state index contributed by atoms with van der Waals surface area (Å²) >= 11 is 0. The zero-order valence-corrected chi connectivity index (χ0v) is 37.5. The summed E-state index contributed by atoms with van der Waals surface area (Å²) in [6.07, 6.45) is 2.82. The van der Waals surface area contributed by atoms with Crippen LogP contribution in [-0.4, -0.2) is 91.4 Å². The van der Waals surface area contributed by atoms with E-state index in [0.29, 0.717) is 64.5 Å². The van der Waals surface area contributed by atoms with Gasteiger partial charge in [-0.25, -0.2) is 18.7 Å². The Balaban J connectivity index is 1.36. The summed E-state index contributed by atoms with van der Waals surface area (Å²) in [5.74, 6) is 4.38. The molecule has 3 atom stereocenters. The predicted octanol–water partition coefficient (Wildman–Crippen LogP) is 9.43. The Labute approximate surface area is 358 Å². The molecule has 5 aromatic rings. The van der Waals surface area contributed by atoms with Crippen LogP contribution in [0.3, 0.4) is 0 Å². The van der Waals surface area contributed by atoms with Crippen LogP contribution in [-0.2, 0) is 4.74 Å². The van der Waals surface area contributed by atoms with E-state index in [0.717, 1.165) is 41.3 Å². The number of nitrogens with zero attached hydrogens (tertiary/aromatic N) is 6. The maximum absolute atomic E-state index is 18.0. The Morgan fingerprint density at radius 2 is 1.77 bits per heavy atom. The topological polar surface area (TPSA) is 121 Å². The second-order valence-electron chi connectivity index (χ2n) is 17.8. The van der Waals surface area contributed by atoms with Crippen molar-refractivity contribution in [3.05, 3.63) is 65.6 Å². The number of benzene rings is 2. The molecule has 3 aliphatic heterocycles. The van der Waals surface area contributed by atoms with Crippen LogP contribution in [0, 0.1) is 17.3 Å². The number of aromatic nitrogens is 4. The van der Waals surface area contributed by atoms with Crippen molar-refractivity contribution >= 4 is 41.4 Å². The second kappa shape index (κ2) is 17.0. The number of nitrogens with two attached hydrogens (primary N) is 1. The minimum atomic E-state index is -2.15. The van der Waals surface area contributed by atoms with E-state index in [2.05, 4.69) is 62.9 Å². The van der Waals surface area contributed by atoms with Gasteiger partial charge in [0.1, 0.15) is 61.4 Å². The summed E-state index contributed by atoms with van der Waals surface area (Å²) in [5, 5.41) is 1.85. The fourth-order valence-corrected chi connectivity index (χ4v) is 15.7. The van der Waals surface area contributed by atoms with Gasteiger partial charge in [-0.15, -0.1) is 5.54 Å². The van der Waals surface area contributed by atoms with E-state index in [1.807, 2.05) is 48.2 Å². The maximum Gasteiger partial charge on any atom is 0.319 e. The zero-order valence-electron chi connectivity index (χ0n) is 36.5. The number of ether oxygens (including phenoxy) is 4. The lowest BCUT2D eigenvalue weighted by molar-refractivity contribution is 0.0512. The summed E-state index contributed by atoms with van der Waals surface area (Å²) in [6, 6.07) is 13.0. The van der Waals surface area contributed by atoms with Gasteiger partial charge >= 0.3 is 6.01 Å². The first kappa shape index (κ1) is 42.6. The smallest absolute Gasteiger partial charge is 0.319 e. The fourth-order valence-electron chi connectivity index (χ4n) is 10.5. The van der Waals surface area contributed by atoms with Crippen molar-refractivity contribution in [2.75, 3.05) is 57.4 Å². The Hall–Kier alpha value is -5.10. The minimum Gasteiger partial charge on any atom is -0.475 e. The lowest BCUT2D eigenvalue weighted by Crippen LogP contribution is -2.43. The first-order valence-corrected chi connectivity index (χ1v) is 23.8. The van der Waals surface area contributed by atoms with Crippen LogP contribution in [0.25, 0.3) is 32.9 Å². The number of fused-ring (bicyclic) bond motifs is 2. The van der Waals surface area contributed by atoms with Crippen LogP contribution in [0.2, 0.25) is 16.6 Å². The summed E-state index contributed by atoms with van der Waals surface area (Å²) in [7, 11) is -0.602. The van der Waals surface area contributed by atoms with Crippen LogP contribution < -0.4 is 24.8 Å². The number of hydrogen-bond acceptors (Lipinski definition) is 11. The molecule has 3 aromatic heterocycles. The monoisotopic (exact) mass is 849 g/mol. The molecule has 2 fully saturated rings. The molecule has 0 spiro atoms. The van der Waals surface area contributed by atoms with Gasteiger partial charge < -0.3 is 29.6 Å². The summed E-state index contributed by atoms with van der Waals surface area (Å²) in [4.78, 5) is 23.3. The van der Waals surface area contributed by atoms with Gasteiger partial charge in [-0.2, -0.15) is 9.97 Å². The van der Waals surface area contributed by atoms with Crippen molar-refractivity contribution in [3.8, 4) is 40.4 Å². The largest absolute Gasteiger partial charge is 0.475 e. The molecule has 0 radical (unpaired) electrons. The maximum atomic E-state index is 18.0. The Kier molecular flexibility index (Phi) is 11.9. The zero-order chi connectivity index (χ0) is 43.2. The molecule has 0 unspecified atom stereocenters. The fraction of sp³-hybridized carbons (Fsp3) is 0.489. The van der Waals surface area contributed by atoms with Crippen molar-refractivity contribution in [3.63, 3.8) is 0 Å². The summed E-state index contributed by atoms with van der Waals surface area (Å²) < 4.78 is 57.0. The standard InChI is InChI=1S/C47H57F2N7O4Si/c1-28(2)61(29(3)4,30(5)6)21-15-32-12-9-13-33-22-35(60-27-57-8)23-37(38(32)33)41-40(49)42-39-44(54-46(53-42)59-26-47-16-11-18-55(47)25-34(48)24-47)56(19-20-58-45(39)52-41)31(7)36-14-10-17-51-43(36)50/h9-10,12-14,17,22-23,28-31,34H,11,16,18-20,24-27H2,1-8H3,(H2,50,51)/t31-,34-,47+/m1/s1. The number of pyridine rings is 2. The highest BCUT2D eigenvalue weighted by Gasteiger charge is 2.49. The lowest BCUT2D eigenvalue weighted by atomic mass is 9.95. The van der Waals surface area contributed by atoms with Gasteiger partial charge in [-0.05, 0) is 72.6 Å². The Bertz CT molecular complexity index is 2490. The lowest BCUT2D eigenvalue weighted by Gasteiger charge is -2.38. The number of methoxy groups -OCH3 is 1. The van der Waals surface area contributed by atoms with Gasteiger partial charge in [0.25, 0.3) is 0 Å². The number of alkyl halides is 1. The van der Waals surface area contributed by atoms with E-state index >= 15 is 4.39 Å². The highest BCUT2D eigenvalue weighted by atomic mass is 28.3. The number of halogens is 2. The molecule has 2 aromatic carbocycles. The Morgan fingerprint density at radius 1 is 0.984 bits per heavy atom. The molecule has 0 aliphatic carbocycles. The van der Waals surface area contributed by atoms with Crippen molar-refractivity contribution in [1.82, 2.24) is 24.8 Å². The summed E-state index contributed by atoms with van der Waals surface area (Å²) in [6.45, 7) is 17.6. The van der Waals surface area contributed by atoms with E-state index in [4.69, 9.17) is 39.6 Å². The molecule has 0 saturated carbocycles. The van der Waals surface area contributed by atoms with Crippen molar-refractivity contribution < 1.29 is 27.7 Å². The van der Waals surface area contributed by atoms with E-state index < -0.39 is 25.6 Å². The second-order valence-corrected chi connectivity index (χ2v) is 23.3. The molecular weight excluding hydrogens is 793 g/mol. The third kappa shape index (κ3) is 7.63. The molecule has 2 saturated heterocycles. The molecule has 0 amide bonds. The van der Waals surface area contributed by atoms with Crippen LogP contribution in [0.5, 0.6) is 17.6 Å².